The number of benzene rings is 2. The molecule has 0 bridgehead atoms. The van der Waals surface area contributed by atoms with Crippen molar-refractivity contribution in [3.8, 4) is 5.75 Å². The van der Waals surface area contributed by atoms with Crippen LogP contribution in [0.2, 0.25) is 5.02 Å². The van der Waals surface area contributed by atoms with Crippen LogP contribution in [0.5, 0.6) is 5.75 Å². The Morgan fingerprint density at radius 3 is 2.67 bits per heavy atom. The van der Waals surface area contributed by atoms with Crippen LogP contribution in [-0.4, -0.2) is 11.0 Å². The van der Waals surface area contributed by atoms with Gasteiger partial charge in [-0.3, -0.25) is 4.79 Å². The van der Waals surface area contributed by atoms with E-state index in [1.807, 2.05) is 24.3 Å². The second-order valence-electron chi connectivity index (χ2n) is 5.21. The van der Waals surface area contributed by atoms with Crippen molar-refractivity contribution in [3.05, 3.63) is 57.5 Å². The highest BCUT2D eigenvalue weighted by molar-refractivity contribution is 9.10. The molecule has 2 N–H and O–H groups in total. The Labute approximate surface area is 136 Å². The van der Waals surface area contributed by atoms with Crippen LogP contribution in [0.3, 0.4) is 0 Å². The van der Waals surface area contributed by atoms with Crippen LogP contribution in [0.1, 0.15) is 18.4 Å². The number of amides is 1. The van der Waals surface area contributed by atoms with Crippen molar-refractivity contribution < 1.29 is 9.90 Å². The number of phenolic OH excluding ortho intramolecular Hbond substituents is 1. The Hall–Kier alpha value is -1.52. The number of aromatic hydroxyl groups is 1. The predicted molar refractivity (Wildman–Crippen MR) is 86.8 cm³/mol. The average molecular weight is 367 g/mol. The number of hydrogen-bond acceptors (Lipinski definition) is 2. The van der Waals surface area contributed by atoms with Gasteiger partial charge in [-0.2, -0.15) is 0 Å². The quantitative estimate of drug-likeness (QED) is 0.787. The zero-order chi connectivity index (χ0) is 15.0. The predicted octanol–water partition coefficient (Wildman–Crippen LogP) is 4.48. The number of hydrogen-bond donors (Lipinski definition) is 2. The maximum absolute atomic E-state index is 12.6. The number of rotatable bonds is 3. The zero-order valence-electron chi connectivity index (χ0n) is 11.1. The van der Waals surface area contributed by atoms with Gasteiger partial charge in [-0.05, 0) is 48.7 Å². The van der Waals surface area contributed by atoms with E-state index in [1.165, 1.54) is 6.07 Å². The fraction of sp³-hybridized carbons (Fsp3) is 0.188. The topological polar surface area (TPSA) is 49.3 Å². The number of phenols is 1. The number of carbonyl (C=O) groups excluding carboxylic acids is 1. The average Bonchev–Trinajstić information content (AvgIpc) is 3.24. The number of halogens is 2. The van der Waals surface area contributed by atoms with Crippen LogP contribution >= 0.6 is 27.5 Å². The van der Waals surface area contributed by atoms with E-state index < -0.39 is 5.41 Å². The van der Waals surface area contributed by atoms with E-state index in [-0.39, 0.29) is 11.7 Å². The first-order valence-electron chi connectivity index (χ1n) is 6.57. The number of anilines is 1. The molecule has 0 spiro atoms. The molecule has 1 saturated carbocycles. The fourth-order valence-corrected chi connectivity index (χ4v) is 2.98. The largest absolute Gasteiger partial charge is 0.506 e. The molecule has 2 aromatic carbocycles. The summed E-state index contributed by atoms with van der Waals surface area (Å²) in [5.41, 5.74) is 0.822. The molecular weight excluding hydrogens is 354 g/mol. The highest BCUT2D eigenvalue weighted by atomic mass is 79.9. The summed E-state index contributed by atoms with van der Waals surface area (Å²) < 4.78 is 0.949. The van der Waals surface area contributed by atoms with Crippen molar-refractivity contribution in [1.29, 1.82) is 0 Å². The van der Waals surface area contributed by atoms with Crippen LogP contribution in [0.25, 0.3) is 0 Å². The van der Waals surface area contributed by atoms with Gasteiger partial charge in [0.2, 0.25) is 5.91 Å². The highest BCUT2D eigenvalue weighted by Gasteiger charge is 2.51. The maximum atomic E-state index is 12.6. The van der Waals surface area contributed by atoms with Crippen molar-refractivity contribution in [2.24, 2.45) is 0 Å². The van der Waals surface area contributed by atoms with Crippen molar-refractivity contribution >= 4 is 39.1 Å². The van der Waals surface area contributed by atoms with Crippen molar-refractivity contribution in [2.45, 2.75) is 18.3 Å². The Kier molecular flexibility index (Phi) is 3.68. The molecule has 108 valence electrons. The molecule has 3 rings (SSSR count). The van der Waals surface area contributed by atoms with Gasteiger partial charge in [-0.1, -0.05) is 39.7 Å². The van der Waals surface area contributed by atoms with Crippen molar-refractivity contribution in [2.75, 3.05) is 5.32 Å². The van der Waals surface area contributed by atoms with Gasteiger partial charge >= 0.3 is 0 Å². The van der Waals surface area contributed by atoms with Crippen LogP contribution in [0.15, 0.2) is 46.9 Å². The third-order valence-corrected chi connectivity index (χ3v) is 4.50. The summed E-state index contributed by atoms with van der Waals surface area (Å²) in [4.78, 5) is 12.6. The minimum Gasteiger partial charge on any atom is -0.506 e. The van der Waals surface area contributed by atoms with Gasteiger partial charge in [-0.25, -0.2) is 0 Å². The molecule has 21 heavy (non-hydrogen) atoms. The Bertz CT molecular complexity index is 713. The maximum Gasteiger partial charge on any atom is 0.235 e. The van der Waals surface area contributed by atoms with Gasteiger partial charge in [-0.15, -0.1) is 0 Å². The molecule has 0 aliphatic heterocycles. The third kappa shape index (κ3) is 2.78. The lowest BCUT2D eigenvalue weighted by atomic mass is 9.95. The zero-order valence-corrected chi connectivity index (χ0v) is 13.4. The summed E-state index contributed by atoms with van der Waals surface area (Å²) in [5.74, 6) is -0.101. The van der Waals surface area contributed by atoms with Gasteiger partial charge in [0.1, 0.15) is 5.75 Å². The summed E-state index contributed by atoms with van der Waals surface area (Å²) in [6.45, 7) is 0. The van der Waals surface area contributed by atoms with Crippen LogP contribution in [-0.2, 0) is 10.2 Å². The summed E-state index contributed by atoms with van der Waals surface area (Å²) in [7, 11) is 0. The molecule has 1 amide bonds. The molecule has 1 fully saturated rings. The molecule has 0 aromatic heterocycles. The molecular formula is C16H13BrClNO2. The highest BCUT2D eigenvalue weighted by Crippen LogP contribution is 2.49. The summed E-state index contributed by atoms with van der Waals surface area (Å²) in [5, 5.41) is 13.1. The molecule has 5 heteroatoms. The molecule has 3 nitrogen and oxygen atoms in total. The van der Waals surface area contributed by atoms with Gasteiger partial charge in [0.15, 0.2) is 0 Å². The van der Waals surface area contributed by atoms with E-state index >= 15 is 0 Å². The molecule has 0 atom stereocenters. The van der Waals surface area contributed by atoms with Crippen LogP contribution in [0, 0.1) is 0 Å². The molecule has 0 unspecified atom stereocenters. The molecule has 2 aromatic rings. The minimum absolute atomic E-state index is 0.0118. The van der Waals surface area contributed by atoms with Gasteiger partial charge in [0.25, 0.3) is 0 Å². The Balaban J connectivity index is 1.87. The summed E-state index contributed by atoms with van der Waals surface area (Å²) in [6.07, 6.45) is 1.60. The van der Waals surface area contributed by atoms with E-state index in [0.29, 0.717) is 10.7 Å². The molecule has 1 aliphatic carbocycles. The number of nitrogens with one attached hydrogen (secondary N) is 1. The van der Waals surface area contributed by atoms with E-state index in [1.54, 1.807) is 12.1 Å². The first-order chi connectivity index (χ1) is 10.0. The lowest BCUT2D eigenvalue weighted by molar-refractivity contribution is -0.118. The molecule has 0 saturated heterocycles. The lowest BCUT2D eigenvalue weighted by Crippen LogP contribution is -2.27. The molecule has 0 heterocycles. The second-order valence-corrected chi connectivity index (χ2v) is 6.56. The van der Waals surface area contributed by atoms with E-state index in [2.05, 4.69) is 21.2 Å². The van der Waals surface area contributed by atoms with Crippen molar-refractivity contribution in [1.82, 2.24) is 0 Å². The summed E-state index contributed by atoms with van der Waals surface area (Å²) in [6, 6.07) is 12.4. The van der Waals surface area contributed by atoms with Crippen LogP contribution < -0.4 is 5.32 Å². The van der Waals surface area contributed by atoms with E-state index in [9.17, 15) is 9.90 Å². The second kappa shape index (κ2) is 5.35. The van der Waals surface area contributed by atoms with Crippen LogP contribution in [0.4, 0.5) is 5.69 Å². The number of carbonyl (C=O) groups is 1. The standard InChI is InChI=1S/C16H13BrClNO2/c17-11-3-1-2-10(8-11)16(6-7-16)15(21)19-13-9-12(18)4-5-14(13)20/h1-5,8-9,20H,6-7H2,(H,19,21). The molecule has 0 radical (unpaired) electrons. The SMILES string of the molecule is O=C(Nc1cc(Cl)ccc1O)C1(c2cccc(Br)c2)CC1. The van der Waals surface area contributed by atoms with Crippen molar-refractivity contribution in [3.63, 3.8) is 0 Å². The lowest BCUT2D eigenvalue weighted by Gasteiger charge is -2.17. The smallest absolute Gasteiger partial charge is 0.235 e. The Morgan fingerprint density at radius 1 is 1.24 bits per heavy atom. The Morgan fingerprint density at radius 2 is 2.00 bits per heavy atom. The van der Waals surface area contributed by atoms with Gasteiger partial charge in [0, 0.05) is 9.50 Å². The third-order valence-electron chi connectivity index (χ3n) is 3.77. The van der Waals surface area contributed by atoms with Gasteiger partial charge in [0.05, 0.1) is 11.1 Å². The first kappa shape index (κ1) is 14.4. The van der Waals surface area contributed by atoms with E-state index in [0.717, 1.165) is 22.9 Å². The minimum atomic E-state index is -0.501. The summed E-state index contributed by atoms with van der Waals surface area (Å²) >= 11 is 9.33. The van der Waals surface area contributed by atoms with E-state index in [4.69, 9.17) is 11.6 Å². The monoisotopic (exact) mass is 365 g/mol. The first-order valence-corrected chi connectivity index (χ1v) is 7.74. The van der Waals surface area contributed by atoms with Gasteiger partial charge < -0.3 is 10.4 Å². The normalized spacial score (nSPS) is 15.5. The fourth-order valence-electron chi connectivity index (χ4n) is 2.41. The molecule has 1 aliphatic rings.